The molecule has 2 nitrogen and oxygen atoms in total. The minimum Gasteiger partial charge on any atom is -0.288 e. The SMILES string of the molecule is O=C(Cl)[C@@H]1CCCN1Cc1ccccc1. The van der Waals surface area contributed by atoms with Gasteiger partial charge in [-0.2, -0.15) is 0 Å². The van der Waals surface area contributed by atoms with Crippen LogP contribution >= 0.6 is 11.6 Å². The Balaban J connectivity index is 2.03. The molecule has 1 aromatic rings. The molecule has 1 aliphatic heterocycles. The Morgan fingerprint density at radius 1 is 1.40 bits per heavy atom. The lowest BCUT2D eigenvalue weighted by Gasteiger charge is -2.21. The summed E-state index contributed by atoms with van der Waals surface area (Å²) in [5.41, 5.74) is 1.24. The van der Waals surface area contributed by atoms with Crippen LogP contribution in [0.4, 0.5) is 0 Å². The summed E-state index contributed by atoms with van der Waals surface area (Å²) in [6, 6.07) is 10.1. The van der Waals surface area contributed by atoms with Gasteiger partial charge < -0.3 is 0 Å². The third-order valence-electron chi connectivity index (χ3n) is 2.85. The third kappa shape index (κ3) is 2.58. The average molecular weight is 224 g/mol. The van der Waals surface area contributed by atoms with Gasteiger partial charge in [0, 0.05) is 6.54 Å². The van der Waals surface area contributed by atoms with Gasteiger partial charge in [-0.25, -0.2) is 0 Å². The van der Waals surface area contributed by atoms with Gasteiger partial charge >= 0.3 is 0 Å². The van der Waals surface area contributed by atoms with Crippen LogP contribution in [-0.2, 0) is 11.3 Å². The summed E-state index contributed by atoms with van der Waals surface area (Å²) in [4.78, 5) is 13.3. The summed E-state index contributed by atoms with van der Waals surface area (Å²) in [5.74, 6) is 0. The van der Waals surface area contributed by atoms with Gasteiger partial charge in [-0.1, -0.05) is 30.3 Å². The van der Waals surface area contributed by atoms with Crippen molar-refractivity contribution < 1.29 is 4.79 Å². The first-order valence-corrected chi connectivity index (χ1v) is 5.62. The number of carbonyl (C=O) groups excluding carboxylic acids is 1. The van der Waals surface area contributed by atoms with E-state index in [1.54, 1.807) is 0 Å². The van der Waals surface area contributed by atoms with E-state index in [9.17, 15) is 4.79 Å². The Morgan fingerprint density at radius 2 is 2.13 bits per heavy atom. The van der Waals surface area contributed by atoms with Crippen LogP contribution in [-0.4, -0.2) is 22.7 Å². The molecule has 0 spiro atoms. The zero-order chi connectivity index (χ0) is 10.7. The number of halogens is 1. The lowest BCUT2D eigenvalue weighted by molar-refractivity contribution is -0.115. The second-order valence-corrected chi connectivity index (χ2v) is 4.29. The van der Waals surface area contributed by atoms with Crippen molar-refractivity contribution in [2.45, 2.75) is 25.4 Å². The maximum absolute atomic E-state index is 11.2. The van der Waals surface area contributed by atoms with Crippen LogP contribution in [0.25, 0.3) is 0 Å². The standard InChI is InChI=1S/C12H14ClNO/c13-12(15)11-7-4-8-14(11)9-10-5-2-1-3-6-10/h1-3,5-6,11H,4,7-9H2/t11-/m0/s1. The van der Waals surface area contributed by atoms with Crippen molar-refractivity contribution in [1.82, 2.24) is 4.90 Å². The van der Waals surface area contributed by atoms with Crippen LogP contribution < -0.4 is 0 Å². The third-order valence-corrected chi connectivity index (χ3v) is 3.11. The maximum Gasteiger partial charge on any atom is 0.238 e. The van der Waals surface area contributed by atoms with Crippen molar-refractivity contribution in [2.75, 3.05) is 6.54 Å². The summed E-state index contributed by atoms with van der Waals surface area (Å²) in [7, 11) is 0. The Morgan fingerprint density at radius 3 is 2.80 bits per heavy atom. The van der Waals surface area contributed by atoms with Crippen molar-refractivity contribution in [3.8, 4) is 0 Å². The van der Waals surface area contributed by atoms with Crippen molar-refractivity contribution in [2.24, 2.45) is 0 Å². The van der Waals surface area contributed by atoms with E-state index in [4.69, 9.17) is 11.6 Å². The zero-order valence-corrected chi connectivity index (χ0v) is 9.28. The highest BCUT2D eigenvalue weighted by Crippen LogP contribution is 2.21. The number of hydrogen-bond acceptors (Lipinski definition) is 2. The van der Waals surface area contributed by atoms with Crippen LogP contribution in [0.5, 0.6) is 0 Å². The highest BCUT2D eigenvalue weighted by Gasteiger charge is 2.29. The highest BCUT2D eigenvalue weighted by atomic mass is 35.5. The summed E-state index contributed by atoms with van der Waals surface area (Å²) in [6.07, 6.45) is 1.96. The van der Waals surface area contributed by atoms with E-state index < -0.39 is 0 Å². The molecule has 1 heterocycles. The van der Waals surface area contributed by atoms with Gasteiger partial charge in [-0.05, 0) is 36.6 Å². The minimum absolute atomic E-state index is 0.0770. The van der Waals surface area contributed by atoms with E-state index in [1.807, 2.05) is 18.2 Å². The second kappa shape index (κ2) is 4.77. The van der Waals surface area contributed by atoms with Gasteiger partial charge in [0.1, 0.15) is 0 Å². The Kier molecular flexibility index (Phi) is 3.39. The quantitative estimate of drug-likeness (QED) is 0.734. The summed E-state index contributed by atoms with van der Waals surface area (Å²) in [5, 5.41) is -0.219. The number of likely N-dealkylation sites (tertiary alicyclic amines) is 1. The number of hydrogen-bond donors (Lipinski definition) is 0. The first-order chi connectivity index (χ1) is 7.27. The molecule has 15 heavy (non-hydrogen) atoms. The predicted molar refractivity (Wildman–Crippen MR) is 60.7 cm³/mol. The van der Waals surface area contributed by atoms with Gasteiger partial charge in [0.15, 0.2) is 0 Å². The smallest absolute Gasteiger partial charge is 0.238 e. The van der Waals surface area contributed by atoms with Crippen molar-refractivity contribution >= 4 is 16.8 Å². The molecule has 1 aromatic carbocycles. The second-order valence-electron chi connectivity index (χ2n) is 3.92. The fourth-order valence-corrected chi connectivity index (χ4v) is 2.34. The number of benzene rings is 1. The molecule has 0 amide bonds. The number of rotatable bonds is 3. The first-order valence-electron chi connectivity index (χ1n) is 5.24. The summed E-state index contributed by atoms with van der Waals surface area (Å²) < 4.78 is 0. The van der Waals surface area contributed by atoms with E-state index in [1.165, 1.54) is 5.56 Å². The molecular weight excluding hydrogens is 210 g/mol. The Bertz CT molecular complexity index is 339. The first kappa shape index (κ1) is 10.7. The van der Waals surface area contributed by atoms with Gasteiger partial charge in [0.2, 0.25) is 5.24 Å². The van der Waals surface area contributed by atoms with Gasteiger partial charge in [-0.15, -0.1) is 0 Å². The largest absolute Gasteiger partial charge is 0.288 e. The molecule has 1 saturated heterocycles. The number of carbonyl (C=O) groups is 1. The minimum atomic E-state index is -0.219. The fourth-order valence-electron chi connectivity index (χ4n) is 2.09. The number of nitrogens with zero attached hydrogens (tertiary/aromatic N) is 1. The molecule has 2 rings (SSSR count). The van der Waals surface area contributed by atoms with Crippen LogP contribution in [0, 0.1) is 0 Å². The molecule has 0 unspecified atom stereocenters. The monoisotopic (exact) mass is 223 g/mol. The van der Waals surface area contributed by atoms with E-state index in [0.29, 0.717) is 0 Å². The van der Waals surface area contributed by atoms with Gasteiger partial charge in [0.25, 0.3) is 0 Å². The molecule has 0 aliphatic carbocycles. The molecule has 3 heteroatoms. The van der Waals surface area contributed by atoms with E-state index in [-0.39, 0.29) is 11.3 Å². The zero-order valence-electron chi connectivity index (χ0n) is 8.53. The summed E-state index contributed by atoms with van der Waals surface area (Å²) in [6.45, 7) is 1.79. The van der Waals surface area contributed by atoms with Crippen LogP contribution in [0.2, 0.25) is 0 Å². The molecular formula is C12H14ClNO. The normalized spacial score (nSPS) is 21.8. The van der Waals surface area contributed by atoms with E-state index >= 15 is 0 Å². The topological polar surface area (TPSA) is 20.3 Å². The average Bonchev–Trinajstić information content (AvgIpc) is 2.67. The van der Waals surface area contributed by atoms with Crippen molar-refractivity contribution in [3.05, 3.63) is 35.9 Å². The van der Waals surface area contributed by atoms with E-state index in [0.717, 1.165) is 25.9 Å². The lowest BCUT2D eigenvalue weighted by atomic mass is 10.2. The fraction of sp³-hybridized carbons (Fsp3) is 0.417. The Hall–Kier alpha value is -0.860. The van der Waals surface area contributed by atoms with Crippen LogP contribution in [0.15, 0.2) is 30.3 Å². The molecule has 1 aliphatic rings. The predicted octanol–water partition coefficient (Wildman–Crippen LogP) is 2.42. The summed E-state index contributed by atoms with van der Waals surface area (Å²) >= 11 is 5.56. The molecule has 1 atom stereocenters. The molecule has 0 saturated carbocycles. The van der Waals surface area contributed by atoms with Crippen LogP contribution in [0.3, 0.4) is 0 Å². The Labute approximate surface area is 94.8 Å². The molecule has 1 fully saturated rings. The van der Waals surface area contributed by atoms with Gasteiger partial charge in [0.05, 0.1) is 6.04 Å². The van der Waals surface area contributed by atoms with Crippen molar-refractivity contribution in [1.29, 1.82) is 0 Å². The lowest BCUT2D eigenvalue weighted by Crippen LogP contribution is -2.33. The van der Waals surface area contributed by atoms with Crippen molar-refractivity contribution in [3.63, 3.8) is 0 Å². The van der Waals surface area contributed by atoms with E-state index in [2.05, 4.69) is 17.0 Å². The maximum atomic E-state index is 11.2. The molecule has 80 valence electrons. The molecule has 0 aromatic heterocycles. The highest BCUT2D eigenvalue weighted by molar-refractivity contribution is 6.64. The molecule has 0 N–H and O–H groups in total. The molecule has 0 radical (unpaired) electrons. The molecule has 0 bridgehead atoms. The van der Waals surface area contributed by atoms with Crippen LogP contribution in [0.1, 0.15) is 18.4 Å². The van der Waals surface area contributed by atoms with Gasteiger partial charge in [-0.3, -0.25) is 9.69 Å².